The van der Waals surface area contributed by atoms with E-state index in [0.717, 1.165) is 67.2 Å². The maximum Gasteiger partial charge on any atom is 0.137 e. The number of aromatic nitrogens is 6. The van der Waals surface area contributed by atoms with Gasteiger partial charge in [-0.25, -0.2) is 14.1 Å². The standard InChI is InChI=1S/C27H31FN8/c1-19-3-2-6-36(19)23-7-21(9-29-10-23)24-14-35(33-32-24)13-22-12-34-11-20(4-5-25(34)31-22)8-30-18-26-15-27(28,16-26)17-26/h4-5,7,9-12,14,19,30H,2-3,6,8,13,15-18H2,1H3. The Kier molecular flexibility index (Phi) is 4.93. The van der Waals surface area contributed by atoms with Crippen LogP contribution in [-0.4, -0.2) is 54.2 Å². The number of anilines is 1. The molecule has 3 saturated carbocycles. The number of hydrogen-bond donors (Lipinski definition) is 1. The van der Waals surface area contributed by atoms with E-state index in [1.165, 1.54) is 18.4 Å². The third kappa shape index (κ3) is 3.86. The Bertz CT molecular complexity index is 1400. The first-order valence-corrected chi connectivity index (χ1v) is 12.9. The predicted molar refractivity (Wildman–Crippen MR) is 135 cm³/mol. The molecule has 36 heavy (non-hydrogen) atoms. The number of pyridine rings is 2. The fourth-order valence-electron chi connectivity index (χ4n) is 6.51. The maximum absolute atomic E-state index is 13.7. The van der Waals surface area contributed by atoms with Crippen molar-refractivity contribution >= 4 is 11.3 Å². The van der Waals surface area contributed by atoms with Gasteiger partial charge in [-0.3, -0.25) is 4.98 Å². The van der Waals surface area contributed by atoms with Gasteiger partial charge in [-0.2, -0.15) is 0 Å². The zero-order valence-electron chi connectivity index (χ0n) is 20.6. The van der Waals surface area contributed by atoms with Crippen molar-refractivity contribution in [2.75, 3.05) is 18.0 Å². The molecule has 0 aromatic carbocycles. The molecular formula is C27H31FN8. The van der Waals surface area contributed by atoms with Gasteiger partial charge in [-0.15, -0.1) is 5.10 Å². The van der Waals surface area contributed by atoms with Crippen LogP contribution in [0.25, 0.3) is 16.9 Å². The SMILES string of the molecule is CC1CCCN1c1cncc(-c2cn(Cc3cn4cc(CNCC56CC(F)(C5)C6)ccc4n3)nn2)c1. The van der Waals surface area contributed by atoms with Crippen molar-refractivity contribution in [3.8, 4) is 11.3 Å². The molecule has 1 saturated heterocycles. The van der Waals surface area contributed by atoms with Crippen molar-refractivity contribution in [1.29, 1.82) is 0 Å². The highest BCUT2D eigenvalue weighted by molar-refractivity contribution is 5.63. The second kappa shape index (κ2) is 8.09. The number of imidazole rings is 1. The van der Waals surface area contributed by atoms with Crippen LogP contribution in [0.3, 0.4) is 0 Å². The molecule has 0 amide bonds. The second-order valence-corrected chi connectivity index (χ2v) is 11.2. The number of nitrogens with zero attached hydrogens (tertiary/aromatic N) is 7. The van der Waals surface area contributed by atoms with Crippen molar-refractivity contribution < 1.29 is 4.39 Å². The second-order valence-electron chi connectivity index (χ2n) is 11.2. The van der Waals surface area contributed by atoms with E-state index in [1.807, 2.05) is 35.5 Å². The summed E-state index contributed by atoms with van der Waals surface area (Å²) >= 11 is 0. The molecule has 1 atom stereocenters. The first-order valence-electron chi connectivity index (χ1n) is 12.9. The van der Waals surface area contributed by atoms with Crippen LogP contribution in [0.1, 0.15) is 50.3 Å². The number of fused-ring (bicyclic) bond motifs is 1. The van der Waals surface area contributed by atoms with Gasteiger partial charge in [0.1, 0.15) is 17.0 Å². The Morgan fingerprint density at radius 1 is 1.14 bits per heavy atom. The molecule has 1 unspecified atom stereocenters. The highest BCUT2D eigenvalue weighted by atomic mass is 19.1. The van der Waals surface area contributed by atoms with E-state index in [4.69, 9.17) is 4.98 Å². The monoisotopic (exact) mass is 486 g/mol. The Morgan fingerprint density at radius 3 is 2.83 bits per heavy atom. The summed E-state index contributed by atoms with van der Waals surface area (Å²) in [6.07, 6.45) is 14.6. The summed E-state index contributed by atoms with van der Waals surface area (Å²) in [4.78, 5) is 11.6. The number of alkyl halides is 1. The summed E-state index contributed by atoms with van der Waals surface area (Å²) in [5.74, 6) is 0. The molecule has 186 valence electrons. The van der Waals surface area contributed by atoms with Crippen LogP contribution in [0.5, 0.6) is 0 Å². The summed E-state index contributed by atoms with van der Waals surface area (Å²) in [7, 11) is 0. The molecule has 8 nitrogen and oxygen atoms in total. The largest absolute Gasteiger partial charge is 0.368 e. The molecule has 9 heteroatoms. The molecule has 3 aliphatic carbocycles. The van der Waals surface area contributed by atoms with Crippen molar-refractivity contribution in [1.82, 2.24) is 34.7 Å². The Hall–Kier alpha value is -3.33. The Labute approximate surface area is 209 Å². The topological polar surface area (TPSA) is 76.2 Å². The van der Waals surface area contributed by atoms with E-state index < -0.39 is 5.67 Å². The van der Waals surface area contributed by atoms with Gasteiger partial charge in [0.25, 0.3) is 0 Å². The lowest BCUT2D eigenvalue weighted by Crippen LogP contribution is -2.67. The Balaban J connectivity index is 1.01. The minimum atomic E-state index is -0.827. The molecule has 8 rings (SSSR count). The van der Waals surface area contributed by atoms with Gasteiger partial charge in [-0.05, 0) is 62.1 Å². The lowest BCUT2D eigenvalue weighted by atomic mass is 9.42. The third-order valence-corrected chi connectivity index (χ3v) is 8.23. The van der Waals surface area contributed by atoms with Gasteiger partial charge in [-0.1, -0.05) is 11.3 Å². The first kappa shape index (κ1) is 21.9. The quantitative estimate of drug-likeness (QED) is 0.406. The zero-order chi connectivity index (χ0) is 24.3. The summed E-state index contributed by atoms with van der Waals surface area (Å²) < 4.78 is 17.6. The minimum absolute atomic E-state index is 0.224. The molecule has 5 heterocycles. The molecular weight excluding hydrogens is 455 g/mol. The van der Waals surface area contributed by atoms with Gasteiger partial charge >= 0.3 is 0 Å². The fraction of sp³-hybridized carbons (Fsp3) is 0.481. The number of rotatable bonds is 8. The summed E-state index contributed by atoms with van der Waals surface area (Å²) in [5.41, 5.74) is 5.36. The molecule has 4 fully saturated rings. The smallest absolute Gasteiger partial charge is 0.137 e. The molecule has 1 N–H and O–H groups in total. The fourth-order valence-corrected chi connectivity index (χ4v) is 6.51. The van der Waals surface area contributed by atoms with E-state index in [0.29, 0.717) is 12.6 Å². The van der Waals surface area contributed by atoms with Gasteiger partial charge < -0.3 is 14.6 Å². The number of halogens is 1. The van der Waals surface area contributed by atoms with Crippen LogP contribution in [0.15, 0.2) is 49.2 Å². The highest BCUT2D eigenvalue weighted by Gasteiger charge is 2.68. The average molecular weight is 487 g/mol. The molecule has 2 bridgehead atoms. The average Bonchev–Trinajstić information content (AvgIpc) is 3.57. The molecule has 0 radical (unpaired) electrons. The van der Waals surface area contributed by atoms with E-state index in [1.54, 1.807) is 0 Å². The van der Waals surface area contributed by atoms with Crippen LogP contribution in [-0.2, 0) is 13.1 Å². The van der Waals surface area contributed by atoms with Crippen LogP contribution in [0.4, 0.5) is 10.1 Å². The van der Waals surface area contributed by atoms with Gasteiger partial charge in [0.2, 0.25) is 0 Å². The van der Waals surface area contributed by atoms with Crippen LogP contribution < -0.4 is 10.2 Å². The van der Waals surface area contributed by atoms with E-state index in [-0.39, 0.29) is 5.41 Å². The normalized spacial score (nSPS) is 26.8. The molecule has 4 aromatic rings. The highest BCUT2D eigenvalue weighted by Crippen LogP contribution is 2.69. The van der Waals surface area contributed by atoms with E-state index >= 15 is 0 Å². The lowest BCUT2D eigenvalue weighted by Gasteiger charge is -2.66. The number of nitrogens with one attached hydrogen (secondary N) is 1. The minimum Gasteiger partial charge on any atom is -0.368 e. The molecule has 1 aliphatic heterocycles. The zero-order valence-corrected chi connectivity index (χ0v) is 20.6. The van der Waals surface area contributed by atoms with Gasteiger partial charge in [0.15, 0.2) is 0 Å². The van der Waals surface area contributed by atoms with Crippen molar-refractivity contribution in [2.45, 2.75) is 63.8 Å². The van der Waals surface area contributed by atoms with Crippen LogP contribution in [0.2, 0.25) is 0 Å². The van der Waals surface area contributed by atoms with Crippen LogP contribution in [0, 0.1) is 5.41 Å². The predicted octanol–water partition coefficient (Wildman–Crippen LogP) is 4.01. The van der Waals surface area contributed by atoms with E-state index in [9.17, 15) is 4.39 Å². The summed E-state index contributed by atoms with van der Waals surface area (Å²) in [6, 6.07) is 6.85. The van der Waals surface area contributed by atoms with Crippen molar-refractivity contribution in [3.05, 3.63) is 60.4 Å². The Morgan fingerprint density at radius 2 is 2.03 bits per heavy atom. The van der Waals surface area contributed by atoms with Crippen molar-refractivity contribution in [3.63, 3.8) is 0 Å². The lowest BCUT2D eigenvalue weighted by molar-refractivity contribution is -0.209. The van der Waals surface area contributed by atoms with E-state index in [2.05, 4.69) is 55.2 Å². The third-order valence-electron chi connectivity index (χ3n) is 8.23. The number of hydrogen-bond acceptors (Lipinski definition) is 6. The van der Waals surface area contributed by atoms with Crippen molar-refractivity contribution in [2.24, 2.45) is 5.41 Å². The maximum atomic E-state index is 13.7. The first-order chi connectivity index (χ1) is 17.5. The van der Waals surface area contributed by atoms with Crippen LogP contribution >= 0.6 is 0 Å². The summed E-state index contributed by atoms with van der Waals surface area (Å²) in [5, 5.41) is 12.3. The summed E-state index contributed by atoms with van der Waals surface area (Å²) in [6.45, 7) is 5.57. The molecule has 4 aliphatic rings. The van der Waals surface area contributed by atoms with Gasteiger partial charge in [0.05, 0.1) is 30.3 Å². The van der Waals surface area contributed by atoms with Gasteiger partial charge in [0, 0.05) is 49.8 Å². The molecule has 4 aromatic heterocycles. The molecule has 0 spiro atoms.